The Labute approximate surface area is 231 Å². The third kappa shape index (κ3) is 8.15. The van der Waals surface area contributed by atoms with Crippen LogP contribution < -0.4 is 9.47 Å². The van der Waals surface area contributed by atoms with E-state index in [2.05, 4.69) is 38.8 Å². The van der Waals surface area contributed by atoms with E-state index in [9.17, 15) is 9.90 Å². The number of aryl methyl sites for hydroxylation is 1. The Morgan fingerprint density at radius 2 is 1.92 bits per heavy atom. The molecule has 1 saturated carbocycles. The molecule has 11 heteroatoms. The highest BCUT2D eigenvalue weighted by Gasteiger charge is 2.28. The van der Waals surface area contributed by atoms with Crippen molar-refractivity contribution >= 4 is 16.0 Å². The first-order chi connectivity index (χ1) is 18.4. The lowest BCUT2D eigenvalue weighted by Gasteiger charge is -2.24. The number of hydrogen-bond donors (Lipinski definition) is 1. The molecule has 1 aliphatic rings. The lowest BCUT2D eigenvalue weighted by atomic mass is 9.95. The zero-order valence-corrected chi connectivity index (χ0v) is 24.5. The first kappa shape index (κ1) is 28.8. The molecule has 1 N–H and O–H groups in total. The standard InChI is InChI=1S/C28H39N5O5S/c1-19-13-24(38-17-28(2,3)26(34)35)30-15-22(19)21-9-10-23(29-14-21)25-31-27(37-16-20-7-8-20)33(32-25)18-36-11-12-39(4,5)6/h9-10,13-15,20H,7-8,11-12,16-18H2,1-6H3,(H,34,35). The van der Waals surface area contributed by atoms with E-state index in [4.69, 9.17) is 14.2 Å². The van der Waals surface area contributed by atoms with Gasteiger partial charge >= 0.3 is 12.0 Å². The maximum atomic E-state index is 11.3. The van der Waals surface area contributed by atoms with E-state index in [-0.39, 0.29) is 13.3 Å². The molecular formula is C28H39N5O5S. The zero-order valence-electron chi connectivity index (χ0n) is 23.6. The first-order valence-corrected chi connectivity index (χ1v) is 16.0. The number of carboxylic acid groups (broad SMARTS) is 1. The third-order valence-corrected chi connectivity index (χ3v) is 7.78. The van der Waals surface area contributed by atoms with E-state index >= 15 is 0 Å². The summed E-state index contributed by atoms with van der Waals surface area (Å²) in [6, 6.07) is 6.08. The van der Waals surface area contributed by atoms with Crippen LogP contribution >= 0.6 is 10.0 Å². The summed E-state index contributed by atoms with van der Waals surface area (Å²) in [5.74, 6) is 1.57. The molecule has 0 saturated heterocycles. The van der Waals surface area contributed by atoms with Gasteiger partial charge in [0.25, 0.3) is 0 Å². The van der Waals surface area contributed by atoms with E-state index in [0.717, 1.165) is 22.4 Å². The molecule has 3 aromatic rings. The molecule has 0 amide bonds. The van der Waals surface area contributed by atoms with Crippen LogP contribution in [0.5, 0.6) is 11.9 Å². The largest absolute Gasteiger partial charge is 0.481 e. The quantitative estimate of drug-likeness (QED) is 0.282. The average Bonchev–Trinajstić information content (AvgIpc) is 3.62. The molecule has 3 aromatic heterocycles. The fourth-order valence-electron chi connectivity index (χ4n) is 3.48. The van der Waals surface area contributed by atoms with Crippen molar-refractivity contribution in [2.24, 2.45) is 11.3 Å². The van der Waals surface area contributed by atoms with Crippen molar-refractivity contribution in [1.82, 2.24) is 24.7 Å². The molecule has 1 fully saturated rings. The van der Waals surface area contributed by atoms with E-state index in [1.807, 2.05) is 19.1 Å². The molecule has 0 radical (unpaired) electrons. The molecule has 0 atom stereocenters. The zero-order chi connectivity index (χ0) is 28.2. The highest BCUT2D eigenvalue weighted by atomic mass is 32.3. The number of nitrogens with zero attached hydrogens (tertiary/aromatic N) is 5. The van der Waals surface area contributed by atoms with Crippen molar-refractivity contribution in [2.45, 2.75) is 40.3 Å². The lowest BCUT2D eigenvalue weighted by Crippen LogP contribution is -2.30. The second kappa shape index (κ2) is 11.9. The van der Waals surface area contributed by atoms with Gasteiger partial charge < -0.3 is 19.3 Å². The van der Waals surface area contributed by atoms with Crippen LogP contribution in [0.25, 0.3) is 22.6 Å². The Morgan fingerprint density at radius 3 is 2.54 bits per heavy atom. The van der Waals surface area contributed by atoms with E-state index < -0.39 is 21.4 Å². The van der Waals surface area contributed by atoms with Gasteiger partial charge in [0.05, 0.1) is 18.6 Å². The molecule has 0 spiro atoms. The lowest BCUT2D eigenvalue weighted by molar-refractivity contribution is -0.148. The monoisotopic (exact) mass is 557 g/mol. The predicted molar refractivity (Wildman–Crippen MR) is 153 cm³/mol. The van der Waals surface area contributed by atoms with Crippen LogP contribution in [0.3, 0.4) is 0 Å². The Bertz CT molecular complexity index is 1280. The molecule has 0 aromatic carbocycles. The van der Waals surface area contributed by atoms with Crippen LogP contribution in [-0.4, -0.2) is 80.1 Å². The molecule has 39 heavy (non-hydrogen) atoms. The summed E-state index contributed by atoms with van der Waals surface area (Å²) in [6.07, 6.45) is 12.7. The van der Waals surface area contributed by atoms with Crippen molar-refractivity contribution in [2.75, 3.05) is 44.3 Å². The van der Waals surface area contributed by atoms with E-state index in [1.54, 1.807) is 37.0 Å². The summed E-state index contributed by atoms with van der Waals surface area (Å²) >= 11 is 0. The van der Waals surface area contributed by atoms with Crippen LogP contribution in [0, 0.1) is 18.3 Å². The average molecular weight is 558 g/mol. The summed E-state index contributed by atoms with van der Waals surface area (Å²) in [5.41, 5.74) is 2.36. The fraction of sp³-hybridized carbons (Fsp3) is 0.536. The SMILES string of the molecule is Cc1cc(OCC(C)(C)C(=O)O)ncc1-c1ccc(-c2nc(OCC3CC3)n(COCCS(C)(C)C)n2)nc1. The number of hydrogen-bond acceptors (Lipinski definition) is 8. The second-order valence-electron chi connectivity index (χ2n) is 11.6. The smallest absolute Gasteiger partial charge is 0.317 e. The molecule has 212 valence electrons. The van der Waals surface area contributed by atoms with Crippen LogP contribution in [0.4, 0.5) is 0 Å². The topological polar surface area (TPSA) is 121 Å². The van der Waals surface area contributed by atoms with E-state index in [0.29, 0.717) is 42.5 Å². The van der Waals surface area contributed by atoms with Crippen molar-refractivity contribution in [3.05, 3.63) is 36.2 Å². The Hall–Kier alpha value is -3.18. The van der Waals surface area contributed by atoms with Crippen LogP contribution in [0.1, 0.15) is 32.3 Å². The molecule has 0 unspecified atom stereocenters. The minimum absolute atomic E-state index is 0.0268. The van der Waals surface area contributed by atoms with Gasteiger partial charge in [-0.2, -0.15) is 9.67 Å². The predicted octanol–water partition coefficient (Wildman–Crippen LogP) is 4.66. The van der Waals surface area contributed by atoms with Gasteiger partial charge in [0.1, 0.15) is 19.0 Å². The number of aliphatic carboxylic acids is 1. The van der Waals surface area contributed by atoms with Gasteiger partial charge in [0.15, 0.2) is 0 Å². The highest BCUT2D eigenvalue weighted by Crippen LogP contribution is 2.34. The first-order valence-electron chi connectivity index (χ1n) is 13.0. The van der Waals surface area contributed by atoms with Gasteiger partial charge in [-0.15, -0.1) is 5.10 Å². The molecular weight excluding hydrogens is 518 g/mol. The number of carbonyl (C=O) groups is 1. The molecule has 3 heterocycles. The normalized spacial score (nSPS) is 14.3. The van der Waals surface area contributed by atoms with E-state index in [1.165, 1.54) is 12.8 Å². The number of ether oxygens (including phenoxy) is 3. The minimum Gasteiger partial charge on any atom is -0.481 e. The summed E-state index contributed by atoms with van der Waals surface area (Å²) in [4.78, 5) is 24.9. The van der Waals surface area contributed by atoms with Crippen LogP contribution in [0.2, 0.25) is 0 Å². The molecule has 0 bridgehead atoms. The minimum atomic E-state index is -1.00. The van der Waals surface area contributed by atoms with Crippen molar-refractivity contribution in [3.8, 4) is 34.5 Å². The van der Waals surface area contributed by atoms with Crippen LogP contribution in [0.15, 0.2) is 30.6 Å². The summed E-state index contributed by atoms with van der Waals surface area (Å²) in [5, 5.41) is 13.9. The van der Waals surface area contributed by atoms with Gasteiger partial charge in [-0.3, -0.25) is 9.78 Å². The van der Waals surface area contributed by atoms with Gasteiger partial charge in [-0.25, -0.2) is 15.0 Å². The fourth-order valence-corrected chi connectivity index (χ4v) is 4.09. The third-order valence-electron chi connectivity index (χ3n) is 6.39. The van der Waals surface area contributed by atoms with Gasteiger partial charge in [0.2, 0.25) is 11.7 Å². The summed E-state index contributed by atoms with van der Waals surface area (Å²) in [6.45, 7) is 6.79. The molecule has 10 nitrogen and oxygen atoms in total. The van der Waals surface area contributed by atoms with Gasteiger partial charge in [-0.1, -0.05) is 6.07 Å². The summed E-state index contributed by atoms with van der Waals surface area (Å²) in [7, 11) is -0.629. The van der Waals surface area contributed by atoms with Gasteiger partial charge in [0, 0.05) is 35.3 Å². The van der Waals surface area contributed by atoms with Gasteiger partial charge in [-0.05, 0) is 69.9 Å². The highest BCUT2D eigenvalue weighted by molar-refractivity contribution is 8.32. The Balaban J connectivity index is 1.45. The number of aromatic nitrogens is 5. The second-order valence-corrected chi connectivity index (χ2v) is 16.1. The molecule has 1 aliphatic carbocycles. The van der Waals surface area contributed by atoms with Crippen molar-refractivity contribution in [1.29, 1.82) is 0 Å². The number of rotatable bonds is 14. The van der Waals surface area contributed by atoms with Crippen LogP contribution in [-0.2, 0) is 16.3 Å². The summed E-state index contributed by atoms with van der Waals surface area (Å²) < 4.78 is 19.2. The maximum absolute atomic E-state index is 11.3. The number of pyridine rings is 2. The van der Waals surface area contributed by atoms with Crippen molar-refractivity contribution in [3.63, 3.8) is 0 Å². The Kier molecular flexibility index (Phi) is 8.80. The maximum Gasteiger partial charge on any atom is 0.317 e. The van der Waals surface area contributed by atoms with Crippen molar-refractivity contribution < 1.29 is 24.1 Å². The molecule has 0 aliphatic heterocycles. The number of carboxylic acids is 1. The Morgan fingerprint density at radius 1 is 1.15 bits per heavy atom. The molecule has 4 rings (SSSR count).